The molecular weight excluding hydrogens is 739 g/mol. The number of carbonyl (C=O) groups excluding carboxylic acids is 1. The van der Waals surface area contributed by atoms with E-state index in [4.69, 9.17) is 9.47 Å². The Labute approximate surface area is 323 Å². The molecule has 0 saturated carbocycles. The smallest absolute Gasteiger partial charge is 0.319 e. The van der Waals surface area contributed by atoms with Gasteiger partial charge in [-0.15, -0.1) is 22.7 Å². The second kappa shape index (κ2) is 14.4. The van der Waals surface area contributed by atoms with Crippen LogP contribution in [0.4, 0.5) is 27.8 Å². The Kier molecular flexibility index (Phi) is 9.15. The molecule has 10 heterocycles. The van der Waals surface area contributed by atoms with Crippen LogP contribution in [0.15, 0.2) is 34.8 Å². The number of aliphatic imine (C=N–C) groups is 2. The minimum atomic E-state index is 0.0261. The molecule has 3 N–H and O–H groups in total. The third-order valence-corrected chi connectivity index (χ3v) is 12.1. The van der Waals surface area contributed by atoms with E-state index in [0.29, 0.717) is 37.9 Å². The van der Waals surface area contributed by atoms with Crippen molar-refractivity contribution >= 4 is 84.6 Å². The van der Waals surface area contributed by atoms with Crippen LogP contribution in [0.3, 0.4) is 0 Å². The normalized spacial score (nSPS) is 14.9. The highest BCUT2D eigenvalue weighted by Crippen LogP contribution is 2.40. The Hall–Kier alpha value is -5.85. The largest absolute Gasteiger partial charge is 0.480 e. The van der Waals surface area contributed by atoms with Gasteiger partial charge < -0.3 is 35.2 Å². The lowest BCUT2D eigenvalue weighted by Crippen LogP contribution is -2.41. The van der Waals surface area contributed by atoms with Gasteiger partial charge in [-0.3, -0.25) is 9.98 Å². The van der Waals surface area contributed by atoms with Crippen molar-refractivity contribution in [3.63, 3.8) is 0 Å². The fourth-order valence-electron chi connectivity index (χ4n) is 7.20. The highest BCUT2D eigenvalue weighted by Gasteiger charge is 2.28. The van der Waals surface area contributed by atoms with Crippen molar-refractivity contribution in [1.82, 2.24) is 45.0 Å². The Bertz CT molecular complexity index is 2550. The minimum absolute atomic E-state index is 0.0261. The van der Waals surface area contributed by atoms with Gasteiger partial charge in [-0.05, 0) is 42.6 Å². The van der Waals surface area contributed by atoms with Gasteiger partial charge in [0.2, 0.25) is 11.8 Å². The minimum Gasteiger partial charge on any atom is -0.480 e. The first-order chi connectivity index (χ1) is 26.9. The maximum absolute atomic E-state index is 12.4. The van der Waals surface area contributed by atoms with Crippen LogP contribution in [0.2, 0.25) is 0 Å². The van der Waals surface area contributed by atoms with Crippen molar-refractivity contribution in [3.05, 3.63) is 68.2 Å². The predicted octanol–water partition coefficient (Wildman–Crippen LogP) is 5.23. The number of rotatable bonds is 6. The zero-order chi connectivity index (χ0) is 37.6. The van der Waals surface area contributed by atoms with E-state index in [9.17, 15) is 4.79 Å². The van der Waals surface area contributed by atoms with Crippen LogP contribution in [-0.4, -0.2) is 99.6 Å². The maximum Gasteiger partial charge on any atom is 0.319 e. The number of amides is 2. The average molecular weight is 776 g/mol. The Morgan fingerprint density at radius 3 is 1.93 bits per heavy atom. The SMILES string of the molecule is COc1nc2c(cc1Nc1ncnc3sc4c(c13)CCN(C(=O)N(C)C)C4)C=NC2.COc1nc2c(cc1Nc1ncnc3sc4c(c13)CCNC4)C=NC2. The maximum atomic E-state index is 12.4. The third-order valence-electron chi connectivity index (χ3n) is 9.83. The lowest BCUT2D eigenvalue weighted by Gasteiger charge is -2.29. The summed E-state index contributed by atoms with van der Waals surface area (Å²) in [4.78, 5) is 55.9. The number of hydrogen-bond acceptors (Lipinski definition) is 16. The summed E-state index contributed by atoms with van der Waals surface area (Å²) in [5.74, 6) is 2.60. The molecule has 280 valence electrons. The van der Waals surface area contributed by atoms with E-state index in [2.05, 4.69) is 55.8 Å². The topological polar surface area (TPSA) is 180 Å². The molecule has 0 aromatic carbocycles. The standard InChI is InChI=1S/C20H21N7O2S.C17H16N6OS/c1-26(2)20(28)27-5-4-12-15(9-27)30-19-16(12)17(22-10-23-19)24-13-6-11-7-21-8-14(11)25-18(13)29-3;1-24-16-11(4-9-5-19-6-12(9)23-16)22-15-14-10-2-3-18-7-13(10)25-17(14)21-8-20-15/h6-7,10H,4-5,8-9H2,1-3H3,(H,22,23,24);4-5,8,18H,2-3,6-7H2,1H3,(H,20,21,22). The first-order valence-corrected chi connectivity index (χ1v) is 19.4. The first-order valence-electron chi connectivity index (χ1n) is 17.8. The number of carbonyl (C=O) groups is 1. The lowest BCUT2D eigenvalue weighted by atomic mass is 10.1. The number of ether oxygens (including phenoxy) is 2. The molecule has 0 bridgehead atoms. The summed E-state index contributed by atoms with van der Waals surface area (Å²) >= 11 is 3.35. The van der Waals surface area contributed by atoms with Gasteiger partial charge in [0.05, 0.1) is 56.0 Å². The predicted molar refractivity (Wildman–Crippen MR) is 214 cm³/mol. The number of thiophene rings is 2. The lowest BCUT2D eigenvalue weighted by molar-refractivity contribution is 0.166. The molecule has 18 heteroatoms. The molecule has 0 radical (unpaired) electrons. The zero-order valence-corrected chi connectivity index (χ0v) is 32.3. The number of nitrogens with one attached hydrogen (secondary N) is 3. The Morgan fingerprint density at radius 2 is 1.36 bits per heavy atom. The molecule has 0 atom stereocenters. The van der Waals surface area contributed by atoms with Crippen molar-refractivity contribution < 1.29 is 14.3 Å². The summed E-state index contributed by atoms with van der Waals surface area (Å²) in [5.41, 5.74) is 7.93. The Morgan fingerprint density at radius 1 is 0.800 bits per heavy atom. The molecule has 6 aromatic rings. The fourth-order valence-corrected chi connectivity index (χ4v) is 9.56. The number of hydrogen-bond donors (Lipinski definition) is 3. The van der Waals surface area contributed by atoms with Crippen molar-refractivity contribution in [2.75, 3.05) is 52.0 Å². The molecule has 0 aliphatic carbocycles. The summed E-state index contributed by atoms with van der Waals surface area (Å²) in [6, 6.07) is 4.03. The van der Waals surface area contributed by atoms with Crippen molar-refractivity contribution in [3.8, 4) is 11.8 Å². The molecular formula is C37H37N13O3S2. The van der Waals surface area contributed by atoms with Crippen LogP contribution in [0.25, 0.3) is 20.4 Å². The van der Waals surface area contributed by atoms with E-state index in [0.717, 1.165) is 96.8 Å². The third kappa shape index (κ3) is 6.44. The number of pyridine rings is 2. The molecule has 4 aliphatic heterocycles. The number of fused-ring (bicyclic) bond motifs is 8. The van der Waals surface area contributed by atoms with Crippen molar-refractivity contribution in [1.29, 1.82) is 0 Å². The summed E-state index contributed by atoms with van der Waals surface area (Å²) in [5, 5.41) is 12.4. The molecule has 2 amide bonds. The molecule has 0 spiro atoms. The monoisotopic (exact) mass is 775 g/mol. The molecule has 0 fully saturated rings. The van der Waals surface area contributed by atoms with Gasteiger partial charge in [0.15, 0.2) is 0 Å². The summed E-state index contributed by atoms with van der Waals surface area (Å²) < 4.78 is 11.0. The van der Waals surface area contributed by atoms with Crippen LogP contribution in [0.1, 0.15) is 43.4 Å². The van der Waals surface area contributed by atoms with E-state index in [1.54, 1.807) is 68.5 Å². The zero-order valence-electron chi connectivity index (χ0n) is 30.6. The van der Waals surface area contributed by atoms with Crippen LogP contribution in [0, 0.1) is 0 Å². The highest BCUT2D eigenvalue weighted by molar-refractivity contribution is 7.19. The fraction of sp³-hybridized carbons (Fsp3) is 0.324. The van der Waals surface area contributed by atoms with Crippen LogP contribution < -0.4 is 25.4 Å². The van der Waals surface area contributed by atoms with Crippen molar-refractivity contribution in [2.45, 2.75) is 39.0 Å². The summed E-state index contributed by atoms with van der Waals surface area (Å²) in [7, 11) is 6.79. The number of aromatic nitrogens is 6. The quantitative estimate of drug-likeness (QED) is 0.201. The highest BCUT2D eigenvalue weighted by atomic mass is 32.1. The summed E-state index contributed by atoms with van der Waals surface area (Å²) in [6.07, 6.45) is 8.59. The van der Waals surface area contributed by atoms with E-state index >= 15 is 0 Å². The summed E-state index contributed by atoms with van der Waals surface area (Å²) in [6.45, 7) is 4.32. The molecule has 16 nitrogen and oxygen atoms in total. The van der Waals surface area contributed by atoms with Gasteiger partial charge in [0.1, 0.15) is 45.3 Å². The molecule has 55 heavy (non-hydrogen) atoms. The number of methoxy groups -OCH3 is 2. The molecule has 0 unspecified atom stereocenters. The van der Waals surface area contributed by atoms with Gasteiger partial charge in [-0.25, -0.2) is 34.7 Å². The second-order valence-electron chi connectivity index (χ2n) is 13.4. The van der Waals surface area contributed by atoms with Gasteiger partial charge in [-0.1, -0.05) is 0 Å². The van der Waals surface area contributed by atoms with Gasteiger partial charge >= 0.3 is 6.03 Å². The van der Waals surface area contributed by atoms with E-state index in [-0.39, 0.29) is 6.03 Å². The second-order valence-corrected chi connectivity index (χ2v) is 15.6. The van der Waals surface area contributed by atoms with E-state index in [1.165, 1.54) is 16.0 Å². The average Bonchev–Trinajstić information content (AvgIpc) is 4.01. The van der Waals surface area contributed by atoms with Crippen LogP contribution >= 0.6 is 22.7 Å². The van der Waals surface area contributed by atoms with Gasteiger partial charge in [-0.2, -0.15) is 0 Å². The number of anilines is 4. The van der Waals surface area contributed by atoms with Crippen LogP contribution in [0.5, 0.6) is 11.8 Å². The Balaban J connectivity index is 0.000000147. The van der Waals surface area contributed by atoms with E-state index in [1.807, 2.05) is 29.5 Å². The van der Waals surface area contributed by atoms with Gasteiger partial charge in [0.25, 0.3) is 0 Å². The molecule has 4 aliphatic rings. The van der Waals surface area contributed by atoms with E-state index < -0.39 is 0 Å². The van der Waals surface area contributed by atoms with Gasteiger partial charge in [0, 0.05) is 60.5 Å². The van der Waals surface area contributed by atoms with Crippen LogP contribution in [-0.2, 0) is 39.0 Å². The molecule has 6 aromatic heterocycles. The number of urea groups is 1. The molecule has 0 saturated heterocycles. The number of nitrogens with zero attached hydrogens (tertiary/aromatic N) is 10. The van der Waals surface area contributed by atoms with Crippen molar-refractivity contribution in [2.24, 2.45) is 9.98 Å². The first kappa shape index (κ1) is 34.9. The molecule has 10 rings (SSSR count).